The molecule has 0 spiro atoms. The van der Waals surface area contributed by atoms with E-state index in [0.29, 0.717) is 0 Å². The average molecular weight is 234 g/mol. The van der Waals surface area contributed by atoms with Gasteiger partial charge in [-0.3, -0.25) is 4.79 Å². The molecule has 0 saturated heterocycles. The van der Waals surface area contributed by atoms with Gasteiger partial charge in [-0.15, -0.1) is 0 Å². The summed E-state index contributed by atoms with van der Waals surface area (Å²) in [5.74, 6) is -0.276. The molecule has 1 aromatic rings. The van der Waals surface area contributed by atoms with Gasteiger partial charge in [-0.05, 0) is 25.5 Å². The third-order valence-electron chi connectivity index (χ3n) is 2.83. The largest absolute Gasteiger partial charge is 0.374 e. The molecule has 3 N–H and O–H groups in total. The Bertz CT molecular complexity index is 346. The van der Waals surface area contributed by atoms with E-state index < -0.39 is 0 Å². The van der Waals surface area contributed by atoms with Crippen LogP contribution in [0.3, 0.4) is 0 Å². The first-order valence-corrected chi connectivity index (χ1v) is 6.26. The first-order valence-electron chi connectivity index (χ1n) is 6.26. The van der Waals surface area contributed by atoms with Gasteiger partial charge >= 0.3 is 0 Å². The van der Waals surface area contributed by atoms with Crippen LogP contribution in [-0.2, 0) is 4.79 Å². The molecule has 0 radical (unpaired) electrons. The fourth-order valence-corrected chi connectivity index (χ4v) is 1.73. The van der Waals surface area contributed by atoms with Crippen molar-refractivity contribution in [1.82, 2.24) is 0 Å². The minimum atomic E-state index is -0.276. The molecule has 0 bridgehead atoms. The van der Waals surface area contributed by atoms with Crippen LogP contribution in [0.15, 0.2) is 24.3 Å². The Labute approximate surface area is 103 Å². The van der Waals surface area contributed by atoms with Crippen molar-refractivity contribution < 1.29 is 4.79 Å². The number of carbonyl (C=O) groups is 1. The lowest BCUT2D eigenvalue weighted by atomic mass is 10.1. The van der Waals surface area contributed by atoms with E-state index in [1.54, 1.807) is 0 Å². The van der Waals surface area contributed by atoms with E-state index in [9.17, 15) is 4.79 Å². The van der Waals surface area contributed by atoms with Gasteiger partial charge in [0.25, 0.3) is 0 Å². The topological polar surface area (TPSA) is 55.1 Å². The Hall–Kier alpha value is -1.51. The van der Waals surface area contributed by atoms with Crippen LogP contribution in [0.5, 0.6) is 0 Å². The van der Waals surface area contributed by atoms with E-state index in [-0.39, 0.29) is 11.9 Å². The fraction of sp³-hybridized carbons (Fsp3) is 0.500. The molecule has 0 saturated carbocycles. The highest BCUT2D eigenvalue weighted by Crippen LogP contribution is 2.13. The quantitative estimate of drug-likeness (QED) is 0.713. The standard InChI is InChI=1S/C14H22N2O/c1-3-4-5-6-13(14(15)17)16-12-9-7-11(2)8-10-12/h7-10,13,16H,3-6H2,1-2H3,(H2,15,17). The highest BCUT2D eigenvalue weighted by Gasteiger charge is 2.13. The molecule has 0 aromatic heterocycles. The maximum Gasteiger partial charge on any atom is 0.239 e. The van der Waals surface area contributed by atoms with Crippen LogP contribution in [0.4, 0.5) is 5.69 Å². The van der Waals surface area contributed by atoms with Gasteiger partial charge in [0.1, 0.15) is 6.04 Å². The number of hydrogen-bond donors (Lipinski definition) is 2. The third-order valence-corrected chi connectivity index (χ3v) is 2.83. The highest BCUT2D eigenvalue weighted by molar-refractivity contribution is 5.82. The fourth-order valence-electron chi connectivity index (χ4n) is 1.73. The second-order valence-electron chi connectivity index (χ2n) is 4.46. The van der Waals surface area contributed by atoms with Crippen molar-refractivity contribution in [2.75, 3.05) is 5.32 Å². The lowest BCUT2D eigenvalue weighted by Gasteiger charge is -2.16. The Morgan fingerprint density at radius 2 is 1.94 bits per heavy atom. The molecule has 0 heterocycles. The summed E-state index contributed by atoms with van der Waals surface area (Å²) in [7, 11) is 0. The number of aryl methyl sites for hydroxylation is 1. The lowest BCUT2D eigenvalue weighted by molar-refractivity contribution is -0.118. The van der Waals surface area contributed by atoms with Crippen molar-refractivity contribution in [3.8, 4) is 0 Å². The minimum absolute atomic E-state index is 0.260. The smallest absolute Gasteiger partial charge is 0.239 e. The number of nitrogens with one attached hydrogen (secondary N) is 1. The number of rotatable bonds is 7. The number of nitrogens with two attached hydrogens (primary N) is 1. The van der Waals surface area contributed by atoms with Crippen molar-refractivity contribution in [1.29, 1.82) is 0 Å². The molecule has 1 rings (SSSR count). The number of amides is 1. The summed E-state index contributed by atoms with van der Waals surface area (Å²) < 4.78 is 0. The van der Waals surface area contributed by atoms with Crippen molar-refractivity contribution in [2.45, 2.75) is 45.6 Å². The lowest BCUT2D eigenvalue weighted by Crippen LogP contribution is -2.35. The molecule has 3 heteroatoms. The van der Waals surface area contributed by atoms with E-state index in [2.05, 4.69) is 12.2 Å². The molecule has 1 unspecified atom stereocenters. The van der Waals surface area contributed by atoms with Gasteiger partial charge < -0.3 is 11.1 Å². The van der Waals surface area contributed by atoms with Gasteiger partial charge in [-0.25, -0.2) is 0 Å². The number of carbonyl (C=O) groups excluding carboxylic acids is 1. The normalized spacial score (nSPS) is 12.1. The van der Waals surface area contributed by atoms with Crippen molar-refractivity contribution >= 4 is 11.6 Å². The van der Waals surface area contributed by atoms with Gasteiger partial charge in [-0.2, -0.15) is 0 Å². The van der Waals surface area contributed by atoms with Crippen molar-refractivity contribution in [2.24, 2.45) is 5.73 Å². The van der Waals surface area contributed by atoms with Crippen LogP contribution in [0.1, 0.15) is 38.2 Å². The predicted molar refractivity (Wildman–Crippen MR) is 71.9 cm³/mol. The summed E-state index contributed by atoms with van der Waals surface area (Å²) >= 11 is 0. The second kappa shape index (κ2) is 6.94. The Morgan fingerprint density at radius 3 is 2.47 bits per heavy atom. The molecule has 1 amide bonds. The first-order chi connectivity index (χ1) is 8.13. The van der Waals surface area contributed by atoms with Crippen LogP contribution in [0, 0.1) is 6.92 Å². The molecule has 0 aliphatic heterocycles. The van der Waals surface area contributed by atoms with Crippen molar-refractivity contribution in [3.63, 3.8) is 0 Å². The number of anilines is 1. The maximum absolute atomic E-state index is 11.3. The van der Waals surface area contributed by atoms with E-state index in [1.807, 2.05) is 31.2 Å². The predicted octanol–water partition coefficient (Wildman–Crippen LogP) is 2.84. The average Bonchev–Trinajstić information content (AvgIpc) is 2.30. The zero-order valence-electron chi connectivity index (χ0n) is 10.7. The molecule has 3 nitrogen and oxygen atoms in total. The van der Waals surface area contributed by atoms with Crippen LogP contribution in [0.2, 0.25) is 0 Å². The maximum atomic E-state index is 11.3. The molecule has 1 aromatic carbocycles. The number of unbranched alkanes of at least 4 members (excludes halogenated alkanes) is 2. The zero-order chi connectivity index (χ0) is 12.7. The summed E-state index contributed by atoms with van der Waals surface area (Å²) in [6, 6.07) is 7.74. The molecule has 0 fully saturated rings. The van der Waals surface area contributed by atoms with Crippen LogP contribution >= 0.6 is 0 Å². The van der Waals surface area contributed by atoms with Gasteiger partial charge in [0.05, 0.1) is 0 Å². The number of primary amides is 1. The number of benzene rings is 1. The molecule has 94 valence electrons. The summed E-state index contributed by atoms with van der Waals surface area (Å²) in [4.78, 5) is 11.3. The molecule has 1 atom stereocenters. The summed E-state index contributed by atoms with van der Waals surface area (Å²) in [5.41, 5.74) is 7.56. The van der Waals surface area contributed by atoms with E-state index in [0.717, 1.165) is 31.4 Å². The van der Waals surface area contributed by atoms with Crippen LogP contribution in [0.25, 0.3) is 0 Å². The van der Waals surface area contributed by atoms with Crippen molar-refractivity contribution in [3.05, 3.63) is 29.8 Å². The Morgan fingerprint density at radius 1 is 1.29 bits per heavy atom. The van der Waals surface area contributed by atoms with Gasteiger partial charge in [0, 0.05) is 5.69 Å². The molecular weight excluding hydrogens is 212 g/mol. The Balaban J connectivity index is 2.54. The third kappa shape index (κ3) is 4.89. The van der Waals surface area contributed by atoms with Gasteiger partial charge in [-0.1, -0.05) is 43.9 Å². The monoisotopic (exact) mass is 234 g/mol. The summed E-state index contributed by atoms with van der Waals surface area (Å²) in [6.45, 7) is 4.18. The molecular formula is C14H22N2O. The first kappa shape index (κ1) is 13.6. The van der Waals surface area contributed by atoms with E-state index in [1.165, 1.54) is 5.56 Å². The minimum Gasteiger partial charge on any atom is -0.374 e. The van der Waals surface area contributed by atoms with Gasteiger partial charge in [0.2, 0.25) is 5.91 Å². The highest BCUT2D eigenvalue weighted by atomic mass is 16.1. The Kier molecular flexibility index (Phi) is 5.53. The van der Waals surface area contributed by atoms with E-state index >= 15 is 0 Å². The van der Waals surface area contributed by atoms with Crippen LogP contribution < -0.4 is 11.1 Å². The summed E-state index contributed by atoms with van der Waals surface area (Å²) in [5, 5.41) is 3.19. The number of hydrogen-bond acceptors (Lipinski definition) is 2. The zero-order valence-corrected chi connectivity index (χ0v) is 10.7. The summed E-state index contributed by atoms with van der Waals surface area (Å²) in [6.07, 6.45) is 4.12. The second-order valence-corrected chi connectivity index (χ2v) is 4.46. The molecule has 17 heavy (non-hydrogen) atoms. The SMILES string of the molecule is CCCCCC(Nc1ccc(C)cc1)C(N)=O. The molecule has 0 aliphatic rings. The molecule has 0 aliphatic carbocycles. The van der Waals surface area contributed by atoms with Crippen LogP contribution in [-0.4, -0.2) is 11.9 Å². The van der Waals surface area contributed by atoms with Gasteiger partial charge in [0.15, 0.2) is 0 Å². The van der Waals surface area contributed by atoms with E-state index in [4.69, 9.17) is 5.73 Å².